The van der Waals surface area contributed by atoms with Crippen LogP contribution in [0.15, 0.2) is 30.3 Å². The van der Waals surface area contributed by atoms with Gasteiger partial charge in [0.1, 0.15) is 5.82 Å². The van der Waals surface area contributed by atoms with Gasteiger partial charge in [-0.15, -0.1) is 0 Å². The van der Waals surface area contributed by atoms with E-state index in [9.17, 15) is 19.1 Å². The summed E-state index contributed by atoms with van der Waals surface area (Å²) < 4.78 is 13.3. The minimum absolute atomic E-state index is 0.0760. The summed E-state index contributed by atoms with van der Waals surface area (Å²) in [6.45, 7) is 0.544. The van der Waals surface area contributed by atoms with Crippen molar-refractivity contribution in [3.8, 4) is 11.3 Å². The molecule has 7 heteroatoms. The molecule has 6 nitrogen and oxygen atoms in total. The molecule has 2 aromatic rings. The van der Waals surface area contributed by atoms with Gasteiger partial charge in [0, 0.05) is 31.3 Å². The van der Waals surface area contributed by atoms with Crippen LogP contribution in [0.1, 0.15) is 37.8 Å². The van der Waals surface area contributed by atoms with Gasteiger partial charge in [0.15, 0.2) is 0 Å². The zero-order valence-corrected chi connectivity index (χ0v) is 15.4. The maximum Gasteiger partial charge on any atom is 0.310 e. The van der Waals surface area contributed by atoms with E-state index in [1.807, 2.05) is 6.07 Å². The molecular weight excluding hydrogens is 349 g/mol. The quantitative estimate of drug-likeness (QED) is 0.744. The first-order chi connectivity index (χ1) is 12.9. The molecule has 27 heavy (non-hydrogen) atoms. The fourth-order valence-electron chi connectivity index (χ4n) is 3.41. The molecule has 0 radical (unpaired) electrons. The number of hydrogen-bond acceptors (Lipinski definition) is 3. The lowest BCUT2D eigenvalue weighted by atomic mass is 9.66. The highest BCUT2D eigenvalue weighted by atomic mass is 19.1. The molecule has 0 saturated heterocycles. The van der Waals surface area contributed by atoms with Gasteiger partial charge in [0.25, 0.3) is 0 Å². The van der Waals surface area contributed by atoms with Crippen molar-refractivity contribution in [2.24, 2.45) is 5.41 Å². The molecule has 1 heterocycles. The van der Waals surface area contributed by atoms with Crippen LogP contribution in [0.4, 0.5) is 4.39 Å². The summed E-state index contributed by atoms with van der Waals surface area (Å²) in [5, 5.41) is 16.5. The maximum atomic E-state index is 13.3. The molecule has 1 aliphatic carbocycles. The minimum Gasteiger partial charge on any atom is -0.481 e. The Morgan fingerprint density at radius 2 is 2.11 bits per heavy atom. The van der Waals surface area contributed by atoms with Crippen molar-refractivity contribution in [2.45, 2.75) is 38.5 Å². The highest BCUT2D eigenvalue weighted by Crippen LogP contribution is 2.44. The Labute approximate surface area is 157 Å². The third-order valence-corrected chi connectivity index (χ3v) is 5.37. The van der Waals surface area contributed by atoms with Crippen LogP contribution in [0.3, 0.4) is 0 Å². The number of aliphatic carboxylic acids is 1. The Hall–Kier alpha value is -2.70. The Balaban J connectivity index is 1.48. The zero-order chi connectivity index (χ0) is 19.4. The molecule has 0 bridgehead atoms. The Bertz CT molecular complexity index is 829. The van der Waals surface area contributed by atoms with Crippen LogP contribution < -0.4 is 0 Å². The number of carboxylic acids is 1. The number of benzene rings is 1. The lowest BCUT2D eigenvalue weighted by Gasteiger charge is -2.38. The summed E-state index contributed by atoms with van der Waals surface area (Å²) in [5.41, 5.74) is 1.46. The van der Waals surface area contributed by atoms with Crippen LogP contribution in [0.25, 0.3) is 11.3 Å². The van der Waals surface area contributed by atoms with E-state index in [1.165, 1.54) is 12.1 Å². The predicted molar refractivity (Wildman–Crippen MR) is 98.5 cm³/mol. The number of carboxylic acid groups (broad SMARTS) is 1. The summed E-state index contributed by atoms with van der Waals surface area (Å²) in [4.78, 5) is 25.3. The number of hydrogen-bond donors (Lipinski definition) is 2. The van der Waals surface area contributed by atoms with E-state index in [2.05, 4.69) is 10.2 Å². The lowest BCUT2D eigenvalue weighted by Crippen LogP contribution is -2.43. The van der Waals surface area contributed by atoms with E-state index >= 15 is 0 Å². The first-order valence-corrected chi connectivity index (χ1v) is 9.17. The number of nitrogens with zero attached hydrogens (tertiary/aromatic N) is 2. The number of H-pyrrole nitrogens is 1. The topological polar surface area (TPSA) is 86.3 Å². The Kier molecular flexibility index (Phi) is 5.58. The van der Waals surface area contributed by atoms with Crippen LogP contribution >= 0.6 is 0 Å². The van der Waals surface area contributed by atoms with Gasteiger partial charge in [-0.25, -0.2) is 4.39 Å². The molecule has 1 aromatic carbocycles. The maximum absolute atomic E-state index is 13.3. The average molecular weight is 373 g/mol. The van der Waals surface area contributed by atoms with E-state index in [0.29, 0.717) is 37.1 Å². The third-order valence-electron chi connectivity index (χ3n) is 5.37. The molecule has 1 fully saturated rings. The number of nitrogens with one attached hydrogen (secondary N) is 1. The van der Waals surface area contributed by atoms with Crippen LogP contribution in [0, 0.1) is 11.2 Å². The first kappa shape index (κ1) is 19.1. The van der Waals surface area contributed by atoms with Gasteiger partial charge >= 0.3 is 5.97 Å². The second-order valence-electron chi connectivity index (χ2n) is 7.32. The monoisotopic (exact) mass is 373 g/mol. The number of aromatic nitrogens is 2. The SMILES string of the molecule is CN(CCCc1cc(-c2cccc(F)c2)n[nH]1)C(=O)CC1(C(=O)O)CCC1. The van der Waals surface area contributed by atoms with Crippen molar-refractivity contribution in [3.05, 3.63) is 41.8 Å². The highest BCUT2D eigenvalue weighted by molar-refractivity contribution is 5.85. The van der Waals surface area contributed by atoms with Crippen LogP contribution in [-0.4, -0.2) is 45.7 Å². The van der Waals surface area contributed by atoms with E-state index in [0.717, 1.165) is 18.5 Å². The zero-order valence-electron chi connectivity index (χ0n) is 15.4. The van der Waals surface area contributed by atoms with Crippen molar-refractivity contribution in [1.29, 1.82) is 0 Å². The van der Waals surface area contributed by atoms with Gasteiger partial charge < -0.3 is 10.0 Å². The van der Waals surface area contributed by atoms with Crippen molar-refractivity contribution < 1.29 is 19.1 Å². The average Bonchev–Trinajstić information content (AvgIpc) is 3.06. The number of aromatic amines is 1. The van der Waals surface area contributed by atoms with Crippen LogP contribution in [-0.2, 0) is 16.0 Å². The molecule has 1 amide bonds. The lowest BCUT2D eigenvalue weighted by molar-refractivity contribution is -0.159. The largest absolute Gasteiger partial charge is 0.481 e. The van der Waals surface area contributed by atoms with Crippen molar-refractivity contribution in [1.82, 2.24) is 15.1 Å². The molecule has 0 unspecified atom stereocenters. The molecule has 0 spiro atoms. The normalized spacial score (nSPS) is 15.2. The van der Waals surface area contributed by atoms with Gasteiger partial charge in [-0.1, -0.05) is 18.6 Å². The number of amides is 1. The molecule has 3 rings (SSSR count). The van der Waals surface area contributed by atoms with Crippen molar-refractivity contribution in [3.63, 3.8) is 0 Å². The summed E-state index contributed by atoms with van der Waals surface area (Å²) in [6.07, 6.45) is 3.54. The standard InChI is InChI=1S/C20H24FN3O3/c1-24(18(25)13-20(19(26)27)8-4-9-20)10-3-7-16-12-17(23-22-16)14-5-2-6-15(21)11-14/h2,5-6,11-12H,3-4,7-10,13H2,1H3,(H,22,23)(H,26,27). The highest BCUT2D eigenvalue weighted by Gasteiger charge is 2.46. The Morgan fingerprint density at radius 1 is 1.33 bits per heavy atom. The summed E-state index contributed by atoms with van der Waals surface area (Å²) in [6, 6.07) is 8.15. The molecule has 1 aromatic heterocycles. The molecule has 2 N–H and O–H groups in total. The number of rotatable bonds is 8. The number of carbonyl (C=O) groups excluding carboxylic acids is 1. The second kappa shape index (κ2) is 7.90. The number of carbonyl (C=O) groups is 2. The third kappa shape index (κ3) is 4.35. The summed E-state index contributed by atoms with van der Waals surface area (Å²) in [7, 11) is 1.71. The first-order valence-electron chi connectivity index (χ1n) is 9.17. The van der Waals surface area contributed by atoms with Gasteiger partial charge in [0.05, 0.1) is 11.1 Å². The summed E-state index contributed by atoms with van der Waals surface area (Å²) in [5.74, 6) is -1.29. The van der Waals surface area contributed by atoms with Gasteiger partial charge in [-0.3, -0.25) is 14.7 Å². The van der Waals surface area contributed by atoms with E-state index in [-0.39, 0.29) is 18.1 Å². The molecule has 1 saturated carbocycles. The fraction of sp³-hybridized carbons (Fsp3) is 0.450. The second-order valence-corrected chi connectivity index (χ2v) is 7.32. The Morgan fingerprint density at radius 3 is 2.74 bits per heavy atom. The fourth-order valence-corrected chi connectivity index (χ4v) is 3.41. The van der Waals surface area contributed by atoms with Crippen molar-refractivity contribution in [2.75, 3.05) is 13.6 Å². The van der Waals surface area contributed by atoms with Gasteiger partial charge in [-0.05, 0) is 43.9 Å². The van der Waals surface area contributed by atoms with Crippen molar-refractivity contribution >= 4 is 11.9 Å². The van der Waals surface area contributed by atoms with E-state index in [4.69, 9.17) is 0 Å². The molecule has 144 valence electrons. The smallest absolute Gasteiger partial charge is 0.310 e. The van der Waals surface area contributed by atoms with Crippen LogP contribution in [0.5, 0.6) is 0 Å². The van der Waals surface area contributed by atoms with E-state index in [1.54, 1.807) is 24.1 Å². The summed E-state index contributed by atoms with van der Waals surface area (Å²) >= 11 is 0. The molecule has 0 aliphatic heterocycles. The van der Waals surface area contributed by atoms with Gasteiger partial charge in [-0.2, -0.15) is 5.10 Å². The number of halogens is 1. The number of aryl methyl sites for hydroxylation is 1. The predicted octanol–water partition coefficient (Wildman–Crippen LogP) is 3.25. The van der Waals surface area contributed by atoms with Crippen LogP contribution in [0.2, 0.25) is 0 Å². The minimum atomic E-state index is -0.863. The van der Waals surface area contributed by atoms with Gasteiger partial charge in [0.2, 0.25) is 5.91 Å². The van der Waals surface area contributed by atoms with E-state index < -0.39 is 11.4 Å². The molecular formula is C20H24FN3O3. The molecule has 0 atom stereocenters. The molecule has 1 aliphatic rings.